The fourth-order valence-corrected chi connectivity index (χ4v) is 2.01. The third-order valence-corrected chi connectivity index (χ3v) is 3.50. The van der Waals surface area contributed by atoms with Gasteiger partial charge >= 0.3 is 0 Å². The van der Waals surface area contributed by atoms with E-state index in [0.29, 0.717) is 6.54 Å². The zero-order chi connectivity index (χ0) is 11.4. The van der Waals surface area contributed by atoms with Crippen LogP contribution in [0.2, 0.25) is 0 Å². The van der Waals surface area contributed by atoms with Crippen LogP contribution < -0.4 is 5.32 Å². The molecule has 1 amide bonds. The van der Waals surface area contributed by atoms with Crippen molar-refractivity contribution in [3.8, 4) is 0 Å². The van der Waals surface area contributed by atoms with Gasteiger partial charge in [0.2, 0.25) is 5.91 Å². The molecule has 0 heterocycles. The number of halogens is 1. The van der Waals surface area contributed by atoms with Crippen LogP contribution in [0.5, 0.6) is 0 Å². The average molecular weight is 238 g/mol. The number of carbonyl (C=O) groups is 1. The van der Waals surface area contributed by atoms with E-state index in [1.54, 1.807) is 0 Å². The fraction of sp³-hybridized carbons (Fsp3) is 0.462. The highest BCUT2D eigenvalue weighted by Crippen LogP contribution is 2.26. The molecule has 0 radical (unpaired) electrons. The summed E-state index contributed by atoms with van der Waals surface area (Å²) in [6.07, 6.45) is 3.25. The molecule has 0 aliphatic heterocycles. The van der Waals surface area contributed by atoms with E-state index in [0.717, 1.165) is 18.4 Å². The largest absolute Gasteiger partial charge is 0.354 e. The summed E-state index contributed by atoms with van der Waals surface area (Å²) in [6.45, 7) is 0.515. The normalized spacial score (nSPS) is 17.6. The molecule has 3 heteroatoms. The van der Waals surface area contributed by atoms with E-state index >= 15 is 0 Å². The Morgan fingerprint density at radius 1 is 1.38 bits per heavy atom. The molecule has 0 spiro atoms. The number of carbonyl (C=O) groups excluding carboxylic acids is 1. The van der Waals surface area contributed by atoms with E-state index in [4.69, 9.17) is 11.6 Å². The molecule has 16 heavy (non-hydrogen) atoms. The Bertz CT molecular complexity index is 348. The maximum absolute atomic E-state index is 11.6. The quantitative estimate of drug-likeness (QED) is 0.802. The summed E-state index contributed by atoms with van der Waals surface area (Å²) < 4.78 is 0. The first kappa shape index (κ1) is 11.5. The van der Waals surface area contributed by atoms with Crippen LogP contribution >= 0.6 is 11.6 Å². The van der Waals surface area contributed by atoms with Crippen molar-refractivity contribution in [3.63, 3.8) is 0 Å². The van der Waals surface area contributed by atoms with Crippen molar-refractivity contribution in [2.45, 2.75) is 24.6 Å². The number of alkyl halides is 1. The molecule has 1 unspecified atom stereocenters. The predicted molar refractivity (Wildman–Crippen MR) is 65.4 cm³/mol. The van der Waals surface area contributed by atoms with Gasteiger partial charge in [0.1, 0.15) is 0 Å². The van der Waals surface area contributed by atoms with Gasteiger partial charge in [0.05, 0.1) is 5.38 Å². The minimum atomic E-state index is -0.134. The molecule has 2 nitrogen and oxygen atoms in total. The van der Waals surface area contributed by atoms with Crippen LogP contribution in [-0.4, -0.2) is 12.5 Å². The summed E-state index contributed by atoms with van der Waals surface area (Å²) in [4.78, 5) is 11.6. The van der Waals surface area contributed by atoms with Gasteiger partial charge in [-0.2, -0.15) is 0 Å². The van der Waals surface area contributed by atoms with Crippen LogP contribution in [0.3, 0.4) is 0 Å². The van der Waals surface area contributed by atoms with Gasteiger partial charge in [-0.25, -0.2) is 0 Å². The number of rotatable bonds is 4. The van der Waals surface area contributed by atoms with Crippen molar-refractivity contribution in [1.29, 1.82) is 0 Å². The van der Waals surface area contributed by atoms with Crippen LogP contribution in [0.25, 0.3) is 0 Å². The smallest absolute Gasteiger partial charge is 0.223 e. The van der Waals surface area contributed by atoms with Gasteiger partial charge in [-0.15, -0.1) is 11.6 Å². The summed E-state index contributed by atoms with van der Waals surface area (Å²) in [6, 6.07) is 9.83. The van der Waals surface area contributed by atoms with Crippen molar-refractivity contribution in [1.82, 2.24) is 5.32 Å². The molecule has 1 atom stereocenters. The first-order chi connectivity index (χ1) is 7.77. The summed E-state index contributed by atoms with van der Waals surface area (Å²) >= 11 is 6.20. The molecule has 86 valence electrons. The molecule has 1 fully saturated rings. The first-order valence-corrected chi connectivity index (χ1v) is 6.18. The second-order valence-electron chi connectivity index (χ2n) is 4.25. The fourth-order valence-electron chi connectivity index (χ4n) is 1.78. The Morgan fingerprint density at radius 3 is 2.62 bits per heavy atom. The first-order valence-electron chi connectivity index (χ1n) is 5.74. The second-order valence-corrected chi connectivity index (χ2v) is 4.78. The Labute approximate surface area is 101 Å². The molecule has 1 aliphatic carbocycles. The maximum Gasteiger partial charge on any atom is 0.223 e. The SMILES string of the molecule is O=C(NCC(Cl)c1ccccc1)C1CCC1. The molecule has 1 aromatic rings. The molecule has 2 rings (SSSR count). The zero-order valence-corrected chi connectivity index (χ0v) is 9.91. The Balaban J connectivity index is 1.79. The topological polar surface area (TPSA) is 29.1 Å². The number of hydrogen-bond donors (Lipinski definition) is 1. The van der Waals surface area contributed by atoms with Crippen LogP contribution in [-0.2, 0) is 4.79 Å². The summed E-state index contributed by atoms with van der Waals surface area (Å²) in [5.74, 6) is 0.396. The van der Waals surface area contributed by atoms with Crippen molar-refractivity contribution >= 4 is 17.5 Å². The lowest BCUT2D eigenvalue weighted by Crippen LogP contribution is -2.36. The minimum Gasteiger partial charge on any atom is -0.354 e. The van der Waals surface area contributed by atoms with Gasteiger partial charge in [0.15, 0.2) is 0 Å². The Hall–Kier alpha value is -1.02. The molecule has 1 N–H and O–H groups in total. The zero-order valence-electron chi connectivity index (χ0n) is 9.16. The predicted octanol–water partition coefficient (Wildman–Crippen LogP) is 2.88. The number of nitrogens with one attached hydrogen (secondary N) is 1. The van der Waals surface area contributed by atoms with Crippen LogP contribution in [0.4, 0.5) is 0 Å². The van der Waals surface area contributed by atoms with Gasteiger partial charge in [0.25, 0.3) is 0 Å². The number of benzene rings is 1. The summed E-state index contributed by atoms with van der Waals surface area (Å²) in [5, 5.41) is 2.78. The molecule has 1 aliphatic rings. The molecule has 0 bridgehead atoms. The van der Waals surface area contributed by atoms with E-state index in [2.05, 4.69) is 5.32 Å². The lowest BCUT2D eigenvalue weighted by molar-refractivity contribution is -0.127. The highest BCUT2D eigenvalue weighted by molar-refractivity contribution is 6.21. The molecular weight excluding hydrogens is 222 g/mol. The van der Waals surface area contributed by atoms with Crippen molar-refractivity contribution in [3.05, 3.63) is 35.9 Å². The van der Waals surface area contributed by atoms with Gasteiger partial charge in [0, 0.05) is 12.5 Å². The number of amides is 1. The Kier molecular flexibility index (Phi) is 3.83. The summed E-state index contributed by atoms with van der Waals surface area (Å²) in [7, 11) is 0. The molecule has 0 aromatic heterocycles. The molecular formula is C13H16ClNO. The third-order valence-electron chi connectivity index (χ3n) is 3.09. The van der Waals surface area contributed by atoms with E-state index in [1.165, 1.54) is 6.42 Å². The van der Waals surface area contributed by atoms with Gasteiger partial charge in [-0.3, -0.25) is 4.79 Å². The lowest BCUT2D eigenvalue weighted by atomic mass is 9.85. The monoisotopic (exact) mass is 237 g/mol. The lowest BCUT2D eigenvalue weighted by Gasteiger charge is -2.24. The van der Waals surface area contributed by atoms with Crippen molar-refractivity contribution < 1.29 is 4.79 Å². The standard InChI is InChI=1S/C13H16ClNO/c14-12(10-5-2-1-3-6-10)9-15-13(16)11-7-4-8-11/h1-3,5-6,11-12H,4,7-9H2,(H,15,16). The van der Waals surface area contributed by atoms with Crippen molar-refractivity contribution in [2.75, 3.05) is 6.54 Å². The molecule has 1 aromatic carbocycles. The molecule has 1 saturated carbocycles. The van der Waals surface area contributed by atoms with Crippen LogP contribution in [0, 0.1) is 5.92 Å². The summed E-state index contributed by atoms with van der Waals surface area (Å²) in [5.41, 5.74) is 1.05. The van der Waals surface area contributed by atoms with Gasteiger partial charge in [-0.1, -0.05) is 36.8 Å². The van der Waals surface area contributed by atoms with Crippen LogP contribution in [0.15, 0.2) is 30.3 Å². The van der Waals surface area contributed by atoms with Gasteiger partial charge in [-0.05, 0) is 18.4 Å². The Morgan fingerprint density at radius 2 is 2.06 bits per heavy atom. The average Bonchev–Trinajstić information content (AvgIpc) is 2.25. The third kappa shape index (κ3) is 2.76. The van der Waals surface area contributed by atoms with E-state index in [9.17, 15) is 4.79 Å². The van der Waals surface area contributed by atoms with E-state index in [1.807, 2.05) is 30.3 Å². The second kappa shape index (κ2) is 5.35. The van der Waals surface area contributed by atoms with E-state index in [-0.39, 0.29) is 17.2 Å². The molecule has 0 saturated heterocycles. The van der Waals surface area contributed by atoms with Gasteiger partial charge < -0.3 is 5.32 Å². The van der Waals surface area contributed by atoms with E-state index < -0.39 is 0 Å². The van der Waals surface area contributed by atoms with Crippen molar-refractivity contribution in [2.24, 2.45) is 5.92 Å². The minimum absolute atomic E-state index is 0.134. The highest BCUT2D eigenvalue weighted by atomic mass is 35.5. The highest BCUT2D eigenvalue weighted by Gasteiger charge is 2.25. The number of hydrogen-bond acceptors (Lipinski definition) is 1. The maximum atomic E-state index is 11.6. The van der Waals surface area contributed by atoms with Crippen LogP contribution in [0.1, 0.15) is 30.2 Å².